The smallest absolute Gasteiger partial charge is 0.141 e. The summed E-state index contributed by atoms with van der Waals surface area (Å²) in [6.07, 6.45) is 2.26. The van der Waals surface area contributed by atoms with E-state index in [9.17, 15) is 4.39 Å². The van der Waals surface area contributed by atoms with Crippen molar-refractivity contribution in [3.8, 4) is 0 Å². The lowest BCUT2D eigenvalue weighted by Gasteiger charge is -2.34. The van der Waals surface area contributed by atoms with Crippen molar-refractivity contribution in [2.45, 2.75) is 25.8 Å². The van der Waals surface area contributed by atoms with Gasteiger partial charge in [0.25, 0.3) is 0 Å². The third-order valence-electron chi connectivity index (χ3n) is 3.26. The molecule has 1 aliphatic heterocycles. The first-order chi connectivity index (χ1) is 8.20. The number of halogens is 2. The number of hydrogen-bond donors (Lipinski definition) is 1. The van der Waals surface area contributed by atoms with Crippen molar-refractivity contribution in [2.75, 3.05) is 24.5 Å². The van der Waals surface area contributed by atoms with Crippen LogP contribution in [-0.4, -0.2) is 25.7 Å². The van der Waals surface area contributed by atoms with Crippen molar-refractivity contribution in [1.29, 1.82) is 0 Å². The Morgan fingerprint density at radius 2 is 2.12 bits per heavy atom. The highest BCUT2D eigenvalue weighted by Crippen LogP contribution is 2.25. The van der Waals surface area contributed by atoms with Crippen molar-refractivity contribution >= 4 is 17.3 Å². The summed E-state index contributed by atoms with van der Waals surface area (Å²) in [7, 11) is 0. The fraction of sp³-hybridized carbons (Fsp3) is 0.538. The molecule has 0 aliphatic carbocycles. The number of benzene rings is 1. The van der Waals surface area contributed by atoms with Gasteiger partial charge in [-0.25, -0.2) is 4.39 Å². The van der Waals surface area contributed by atoms with Crippen LogP contribution in [0.1, 0.15) is 19.8 Å². The molecular formula is C13H18ClFN2. The molecule has 0 bridgehead atoms. The lowest BCUT2D eigenvalue weighted by atomic mass is 10.0. The van der Waals surface area contributed by atoms with Gasteiger partial charge in [0.2, 0.25) is 0 Å². The minimum atomic E-state index is -0.349. The van der Waals surface area contributed by atoms with E-state index in [1.807, 2.05) is 0 Å². The SMILES string of the molecule is CCNC1CCN(c2ccc(F)c(Cl)c2)CC1. The standard InChI is InChI=1S/C13H18ClFN2/c1-2-16-10-5-7-17(8-6-10)11-3-4-13(15)12(14)9-11/h3-4,9-10,16H,2,5-8H2,1H3. The molecule has 1 aliphatic rings. The van der Waals surface area contributed by atoms with Gasteiger partial charge in [0, 0.05) is 24.8 Å². The highest BCUT2D eigenvalue weighted by atomic mass is 35.5. The lowest BCUT2D eigenvalue weighted by molar-refractivity contribution is 0.424. The highest BCUT2D eigenvalue weighted by Gasteiger charge is 2.18. The molecule has 2 nitrogen and oxygen atoms in total. The van der Waals surface area contributed by atoms with Crippen molar-refractivity contribution in [3.05, 3.63) is 29.0 Å². The molecule has 17 heavy (non-hydrogen) atoms. The molecule has 0 atom stereocenters. The summed E-state index contributed by atoms with van der Waals surface area (Å²) in [6, 6.07) is 5.57. The third-order valence-corrected chi connectivity index (χ3v) is 3.55. The van der Waals surface area contributed by atoms with Crippen molar-refractivity contribution in [3.63, 3.8) is 0 Å². The number of piperidine rings is 1. The minimum absolute atomic E-state index is 0.205. The van der Waals surface area contributed by atoms with Crippen LogP contribution in [0.5, 0.6) is 0 Å². The summed E-state index contributed by atoms with van der Waals surface area (Å²) in [5.74, 6) is -0.349. The molecule has 4 heteroatoms. The lowest BCUT2D eigenvalue weighted by Crippen LogP contribution is -2.42. The first-order valence-corrected chi connectivity index (χ1v) is 6.52. The van der Waals surface area contributed by atoms with E-state index >= 15 is 0 Å². The van der Waals surface area contributed by atoms with Crippen LogP contribution >= 0.6 is 11.6 Å². The second kappa shape index (κ2) is 5.69. The van der Waals surface area contributed by atoms with Gasteiger partial charge in [-0.3, -0.25) is 0 Å². The van der Waals surface area contributed by atoms with Crippen LogP contribution in [0.2, 0.25) is 5.02 Å². The second-order valence-electron chi connectivity index (χ2n) is 4.42. The van der Waals surface area contributed by atoms with Crippen LogP contribution < -0.4 is 10.2 Å². The van der Waals surface area contributed by atoms with E-state index in [2.05, 4.69) is 17.1 Å². The Hall–Kier alpha value is -0.800. The molecule has 94 valence electrons. The Bertz CT molecular complexity index is 376. The Morgan fingerprint density at radius 3 is 2.71 bits per heavy atom. The van der Waals surface area contributed by atoms with Gasteiger partial charge in [-0.05, 0) is 37.6 Å². The molecule has 1 aromatic rings. The second-order valence-corrected chi connectivity index (χ2v) is 4.82. The summed E-state index contributed by atoms with van der Waals surface area (Å²) < 4.78 is 13.1. The van der Waals surface area contributed by atoms with Crippen LogP contribution in [0.3, 0.4) is 0 Å². The first-order valence-electron chi connectivity index (χ1n) is 6.14. The average molecular weight is 257 g/mol. The van der Waals surface area contributed by atoms with Crippen LogP contribution in [-0.2, 0) is 0 Å². The van der Waals surface area contributed by atoms with Gasteiger partial charge >= 0.3 is 0 Å². The zero-order valence-corrected chi connectivity index (χ0v) is 10.8. The Morgan fingerprint density at radius 1 is 1.41 bits per heavy atom. The molecule has 1 saturated heterocycles. The maximum Gasteiger partial charge on any atom is 0.141 e. The van der Waals surface area contributed by atoms with Crippen molar-refractivity contribution in [2.24, 2.45) is 0 Å². The molecule has 0 aromatic heterocycles. The van der Waals surface area contributed by atoms with Crippen molar-refractivity contribution in [1.82, 2.24) is 5.32 Å². The van der Waals surface area contributed by atoms with Gasteiger partial charge < -0.3 is 10.2 Å². The highest BCUT2D eigenvalue weighted by molar-refractivity contribution is 6.31. The molecular weight excluding hydrogens is 239 g/mol. The van der Waals surface area contributed by atoms with Gasteiger partial charge in [0.15, 0.2) is 0 Å². The summed E-state index contributed by atoms with van der Waals surface area (Å²) in [4.78, 5) is 2.26. The monoisotopic (exact) mass is 256 g/mol. The molecule has 0 spiro atoms. The van der Waals surface area contributed by atoms with Gasteiger partial charge in [-0.15, -0.1) is 0 Å². The zero-order valence-electron chi connectivity index (χ0n) is 10.0. The van der Waals surface area contributed by atoms with Gasteiger partial charge in [0.1, 0.15) is 5.82 Å². The van der Waals surface area contributed by atoms with Crippen LogP contribution in [0, 0.1) is 5.82 Å². The number of nitrogens with one attached hydrogen (secondary N) is 1. The average Bonchev–Trinajstić information content (AvgIpc) is 2.34. The van der Waals surface area contributed by atoms with E-state index in [4.69, 9.17) is 11.6 Å². The zero-order chi connectivity index (χ0) is 12.3. The van der Waals surface area contributed by atoms with Gasteiger partial charge in [0.05, 0.1) is 5.02 Å². The molecule has 2 rings (SSSR count). The largest absolute Gasteiger partial charge is 0.371 e. The van der Waals surface area contributed by atoms with E-state index in [0.29, 0.717) is 6.04 Å². The van der Waals surface area contributed by atoms with Crippen molar-refractivity contribution < 1.29 is 4.39 Å². The van der Waals surface area contributed by atoms with E-state index in [1.165, 1.54) is 6.07 Å². The summed E-state index contributed by atoms with van der Waals surface area (Å²) in [6.45, 7) is 5.15. The molecule has 1 heterocycles. The number of rotatable bonds is 3. The topological polar surface area (TPSA) is 15.3 Å². The maximum absolute atomic E-state index is 13.1. The predicted octanol–water partition coefficient (Wildman–Crippen LogP) is 3.06. The molecule has 0 amide bonds. The number of anilines is 1. The third kappa shape index (κ3) is 3.11. The first kappa shape index (κ1) is 12.7. The summed E-state index contributed by atoms with van der Waals surface area (Å²) >= 11 is 5.80. The Labute approximate surface area is 107 Å². The van der Waals surface area contributed by atoms with Gasteiger partial charge in [-0.1, -0.05) is 18.5 Å². The normalized spacial score (nSPS) is 17.5. The van der Waals surface area contributed by atoms with E-state index in [-0.39, 0.29) is 10.8 Å². The fourth-order valence-corrected chi connectivity index (χ4v) is 2.49. The maximum atomic E-state index is 13.1. The minimum Gasteiger partial charge on any atom is -0.371 e. The molecule has 1 N–H and O–H groups in total. The molecule has 1 fully saturated rings. The quantitative estimate of drug-likeness (QED) is 0.894. The van der Waals surface area contributed by atoms with Gasteiger partial charge in [-0.2, -0.15) is 0 Å². The molecule has 0 saturated carbocycles. The van der Waals surface area contributed by atoms with E-state index < -0.39 is 0 Å². The van der Waals surface area contributed by atoms with E-state index in [1.54, 1.807) is 12.1 Å². The Kier molecular flexibility index (Phi) is 4.24. The molecule has 0 unspecified atom stereocenters. The predicted molar refractivity (Wildman–Crippen MR) is 70.3 cm³/mol. The number of nitrogens with zero attached hydrogens (tertiary/aromatic N) is 1. The summed E-state index contributed by atoms with van der Waals surface area (Å²) in [5.41, 5.74) is 1.02. The number of hydrogen-bond acceptors (Lipinski definition) is 2. The Balaban J connectivity index is 1.98. The van der Waals surface area contributed by atoms with Crippen LogP contribution in [0.15, 0.2) is 18.2 Å². The molecule has 0 radical (unpaired) electrons. The summed E-state index contributed by atoms with van der Waals surface area (Å²) in [5, 5.41) is 3.67. The van der Waals surface area contributed by atoms with Crippen LogP contribution in [0.25, 0.3) is 0 Å². The van der Waals surface area contributed by atoms with E-state index in [0.717, 1.165) is 38.2 Å². The van der Waals surface area contributed by atoms with Crippen LogP contribution in [0.4, 0.5) is 10.1 Å². The fourth-order valence-electron chi connectivity index (χ4n) is 2.31. The molecule has 1 aromatic carbocycles.